The van der Waals surface area contributed by atoms with E-state index in [1.807, 2.05) is 26.8 Å². The van der Waals surface area contributed by atoms with E-state index in [1.165, 1.54) is 15.5 Å². The normalized spacial score (nSPS) is 11.6. The van der Waals surface area contributed by atoms with E-state index >= 15 is 0 Å². The second kappa shape index (κ2) is 9.05. The minimum absolute atomic E-state index is 0.106. The Balaban J connectivity index is 2.20. The molecule has 3 rings (SSSR count). The number of aromatic hydroxyl groups is 3. The lowest BCUT2D eigenvalue weighted by molar-refractivity contribution is 0.0824. The number of hydrogen-bond donors (Lipinski definition) is 4. The molecule has 0 unspecified atom stereocenters. The third kappa shape index (κ3) is 4.25. The van der Waals surface area contributed by atoms with Gasteiger partial charge in [-0.05, 0) is 37.1 Å². The summed E-state index contributed by atoms with van der Waals surface area (Å²) in [7, 11) is 3.18. The van der Waals surface area contributed by atoms with Crippen LogP contribution in [-0.4, -0.2) is 50.5 Å². The number of carbonyl (C=O) groups is 1. The van der Waals surface area contributed by atoms with Gasteiger partial charge in [0.1, 0.15) is 5.69 Å². The number of nitrogens with one attached hydrogen (secondary N) is 1. The van der Waals surface area contributed by atoms with Crippen molar-refractivity contribution in [1.29, 1.82) is 0 Å². The van der Waals surface area contributed by atoms with E-state index in [0.29, 0.717) is 5.69 Å². The van der Waals surface area contributed by atoms with Gasteiger partial charge in [0.25, 0.3) is 5.91 Å². The average Bonchev–Trinajstić information content (AvgIpc) is 2.98. The van der Waals surface area contributed by atoms with Gasteiger partial charge in [-0.1, -0.05) is 38.1 Å². The highest BCUT2D eigenvalue weighted by Crippen LogP contribution is 2.49. The lowest BCUT2D eigenvalue weighted by Crippen LogP contribution is -2.21. The molecule has 1 heterocycles. The first kappa shape index (κ1) is 22.7. The van der Waals surface area contributed by atoms with Gasteiger partial charge in [0, 0.05) is 19.8 Å². The van der Waals surface area contributed by atoms with Crippen molar-refractivity contribution in [2.24, 2.45) is 10.9 Å². The quantitative estimate of drug-likeness (QED) is 0.328. The number of aromatic nitrogens is 1. The van der Waals surface area contributed by atoms with Crippen LogP contribution in [0.3, 0.4) is 0 Å². The summed E-state index contributed by atoms with van der Waals surface area (Å²) in [5.41, 5.74) is 1.81. The van der Waals surface area contributed by atoms with Crippen LogP contribution >= 0.6 is 0 Å². The first-order valence-corrected chi connectivity index (χ1v) is 10.2. The van der Waals surface area contributed by atoms with Crippen molar-refractivity contribution < 1.29 is 20.1 Å². The maximum Gasteiger partial charge on any atom is 0.257 e. The van der Waals surface area contributed by atoms with Crippen molar-refractivity contribution in [3.63, 3.8) is 0 Å². The minimum atomic E-state index is -0.367. The van der Waals surface area contributed by atoms with Gasteiger partial charge in [-0.25, -0.2) is 9.56 Å². The molecule has 3 aromatic rings. The summed E-state index contributed by atoms with van der Waals surface area (Å²) in [6.45, 7) is 5.77. The number of para-hydroxylation sites is 2. The highest BCUT2D eigenvalue weighted by Gasteiger charge is 2.26. The summed E-state index contributed by atoms with van der Waals surface area (Å²) in [5.74, 6) is -1.06. The summed E-state index contributed by atoms with van der Waals surface area (Å²) in [4.78, 5) is 18.3. The largest absolute Gasteiger partial charge is 0.505 e. The Kier molecular flexibility index (Phi) is 6.43. The number of anilines is 2. The first-order valence-electron chi connectivity index (χ1n) is 10.2. The summed E-state index contributed by atoms with van der Waals surface area (Å²) in [6.07, 6.45) is 0. The number of rotatable bonds is 6. The highest BCUT2D eigenvalue weighted by atomic mass is 16.3. The van der Waals surface area contributed by atoms with Crippen LogP contribution in [0.1, 0.15) is 31.1 Å². The molecule has 8 heteroatoms. The summed E-state index contributed by atoms with van der Waals surface area (Å²) in [5, 5.41) is 35.7. The van der Waals surface area contributed by atoms with Crippen LogP contribution in [0.5, 0.6) is 17.5 Å². The Hall–Kier alpha value is -3.94. The number of aliphatic imine (C=N–C) groups is 1. The topological polar surface area (TPSA) is 110 Å². The Morgan fingerprint density at radius 2 is 1.66 bits per heavy atom. The Morgan fingerprint density at radius 3 is 2.25 bits per heavy atom. The van der Waals surface area contributed by atoms with Gasteiger partial charge in [-0.15, -0.1) is 0 Å². The zero-order chi connectivity index (χ0) is 23.6. The molecule has 32 heavy (non-hydrogen) atoms. The molecule has 0 atom stereocenters. The smallest absolute Gasteiger partial charge is 0.257 e. The molecule has 4 N–H and O–H groups in total. The zero-order valence-electron chi connectivity index (χ0n) is 18.8. The van der Waals surface area contributed by atoms with Gasteiger partial charge < -0.3 is 25.5 Å². The van der Waals surface area contributed by atoms with Gasteiger partial charge in [-0.2, -0.15) is 0 Å². The Bertz CT molecular complexity index is 1160. The number of hydrogen-bond acceptors (Lipinski definition) is 6. The van der Waals surface area contributed by atoms with Gasteiger partial charge in [0.05, 0.1) is 16.9 Å². The van der Waals surface area contributed by atoms with E-state index in [-0.39, 0.29) is 52.0 Å². The van der Waals surface area contributed by atoms with Gasteiger partial charge in [0.15, 0.2) is 11.4 Å². The molecule has 0 aliphatic rings. The van der Waals surface area contributed by atoms with Crippen LogP contribution in [0, 0.1) is 5.92 Å². The maximum atomic E-state index is 12.4. The van der Waals surface area contributed by atoms with E-state index in [2.05, 4.69) is 10.3 Å². The van der Waals surface area contributed by atoms with Crippen molar-refractivity contribution in [3.8, 4) is 23.2 Å². The van der Waals surface area contributed by atoms with Crippen molar-refractivity contribution in [3.05, 3.63) is 54.1 Å². The molecule has 1 amide bonds. The molecule has 2 aromatic carbocycles. The van der Waals surface area contributed by atoms with Crippen LogP contribution in [0.25, 0.3) is 5.69 Å². The van der Waals surface area contributed by atoms with E-state index in [4.69, 9.17) is 0 Å². The third-order valence-corrected chi connectivity index (χ3v) is 5.17. The fourth-order valence-corrected chi connectivity index (χ4v) is 3.08. The standard InChI is InChI=1S/C24H28N4O4/c1-14(2)15(3)25-19-20(24(32)28(23(19)31)16-10-7-6-8-11-16)26-18-13-9-12-17(21(18)29)22(30)27(4)5/h6-14,26,29,31-32H,1-5H3. The highest BCUT2D eigenvalue weighted by molar-refractivity contribution is 5.99. The number of phenols is 1. The van der Waals surface area contributed by atoms with Crippen LogP contribution in [0.4, 0.5) is 17.1 Å². The molecule has 0 aliphatic heterocycles. The second-order valence-corrected chi connectivity index (χ2v) is 7.98. The maximum absolute atomic E-state index is 12.4. The van der Waals surface area contributed by atoms with Crippen LogP contribution < -0.4 is 5.32 Å². The second-order valence-electron chi connectivity index (χ2n) is 7.98. The lowest BCUT2D eigenvalue weighted by Gasteiger charge is -2.15. The molecule has 0 fully saturated rings. The molecule has 0 saturated heterocycles. The molecule has 0 saturated carbocycles. The number of nitrogens with zero attached hydrogens (tertiary/aromatic N) is 3. The number of benzene rings is 2. The van der Waals surface area contributed by atoms with Crippen LogP contribution in [-0.2, 0) is 0 Å². The summed E-state index contributed by atoms with van der Waals surface area (Å²) in [6, 6.07) is 13.6. The molecular formula is C24H28N4O4. The van der Waals surface area contributed by atoms with Crippen LogP contribution in [0.15, 0.2) is 53.5 Å². The molecule has 0 aliphatic carbocycles. The van der Waals surface area contributed by atoms with Crippen molar-refractivity contribution in [1.82, 2.24) is 9.47 Å². The molecule has 0 spiro atoms. The summed E-state index contributed by atoms with van der Waals surface area (Å²) >= 11 is 0. The SMILES string of the molecule is CC(=Nc1c(Nc2cccc(C(=O)N(C)C)c2O)c(O)n(-c2ccccc2)c1O)C(C)C. The molecular weight excluding hydrogens is 408 g/mol. The number of carbonyl (C=O) groups excluding carboxylic acids is 1. The molecule has 0 bridgehead atoms. The van der Waals surface area contributed by atoms with Crippen molar-refractivity contribution in [2.45, 2.75) is 20.8 Å². The van der Waals surface area contributed by atoms with Gasteiger partial charge in [0.2, 0.25) is 11.8 Å². The molecule has 1 aromatic heterocycles. The average molecular weight is 437 g/mol. The molecule has 8 nitrogen and oxygen atoms in total. The van der Waals surface area contributed by atoms with E-state index in [1.54, 1.807) is 50.5 Å². The van der Waals surface area contributed by atoms with E-state index < -0.39 is 0 Å². The van der Waals surface area contributed by atoms with Crippen LogP contribution in [0.2, 0.25) is 0 Å². The Labute approximate surface area is 187 Å². The summed E-state index contributed by atoms with van der Waals surface area (Å²) < 4.78 is 1.26. The fourth-order valence-electron chi connectivity index (χ4n) is 3.08. The number of phenolic OH excluding ortho intramolecular Hbond substituents is 1. The first-order chi connectivity index (χ1) is 15.1. The van der Waals surface area contributed by atoms with Gasteiger partial charge >= 0.3 is 0 Å². The van der Waals surface area contributed by atoms with E-state index in [0.717, 1.165) is 5.71 Å². The van der Waals surface area contributed by atoms with Crippen molar-refractivity contribution in [2.75, 3.05) is 19.4 Å². The monoisotopic (exact) mass is 436 g/mol. The lowest BCUT2D eigenvalue weighted by atomic mass is 10.1. The fraction of sp³-hybridized carbons (Fsp3) is 0.250. The Morgan fingerprint density at radius 1 is 1.00 bits per heavy atom. The van der Waals surface area contributed by atoms with Gasteiger partial charge in [-0.3, -0.25) is 4.79 Å². The van der Waals surface area contributed by atoms with E-state index in [9.17, 15) is 20.1 Å². The minimum Gasteiger partial charge on any atom is -0.505 e. The molecule has 168 valence electrons. The molecule has 0 radical (unpaired) electrons. The third-order valence-electron chi connectivity index (χ3n) is 5.17. The predicted molar refractivity (Wildman–Crippen MR) is 126 cm³/mol. The zero-order valence-corrected chi connectivity index (χ0v) is 18.8. The van der Waals surface area contributed by atoms with Crippen molar-refractivity contribution >= 4 is 28.7 Å². The number of amides is 1. The predicted octanol–water partition coefficient (Wildman–Crippen LogP) is 4.79.